The molecule has 0 radical (unpaired) electrons. The Hall–Kier alpha value is -1.96. The quantitative estimate of drug-likeness (QED) is 0.502. The van der Waals surface area contributed by atoms with Gasteiger partial charge in [-0.1, -0.05) is 19.9 Å². The Labute approximate surface area is 134 Å². The van der Waals surface area contributed by atoms with Gasteiger partial charge in [-0.3, -0.25) is 4.79 Å². The summed E-state index contributed by atoms with van der Waals surface area (Å²) >= 11 is 0. The highest BCUT2D eigenvalue weighted by Crippen LogP contribution is 2.59. The van der Waals surface area contributed by atoms with Crippen LogP contribution in [0.5, 0.6) is 0 Å². The monoisotopic (exact) mass is 350 g/mol. The highest BCUT2D eigenvalue weighted by molar-refractivity contribution is 5.78. The Kier molecular flexibility index (Phi) is 4.98. The van der Waals surface area contributed by atoms with Gasteiger partial charge in [0.25, 0.3) is 0 Å². The third-order valence-electron chi connectivity index (χ3n) is 4.41. The molecular formula is C16H15F5O3. The van der Waals surface area contributed by atoms with E-state index in [2.05, 4.69) is 0 Å². The minimum absolute atomic E-state index is 0.289. The predicted molar refractivity (Wildman–Crippen MR) is 73.0 cm³/mol. The van der Waals surface area contributed by atoms with Crippen molar-refractivity contribution in [1.29, 1.82) is 0 Å². The molecule has 2 rings (SSSR count). The van der Waals surface area contributed by atoms with Crippen molar-refractivity contribution < 1.29 is 36.6 Å². The van der Waals surface area contributed by atoms with Gasteiger partial charge in [0.1, 0.15) is 6.61 Å². The van der Waals surface area contributed by atoms with Crippen molar-refractivity contribution >= 4 is 5.97 Å². The Bertz CT molecular complexity index is 670. The SMILES string of the molecule is CC1(C)[C@H](/C=C/F)[C@H]1C(=O)OCc1c(F)c(F)c(CO)c(F)c1F. The second-order valence-corrected chi connectivity index (χ2v) is 6.12. The van der Waals surface area contributed by atoms with E-state index < -0.39 is 70.8 Å². The van der Waals surface area contributed by atoms with Gasteiger partial charge in [0.2, 0.25) is 0 Å². The van der Waals surface area contributed by atoms with Crippen LogP contribution in [0.2, 0.25) is 0 Å². The van der Waals surface area contributed by atoms with E-state index in [9.17, 15) is 26.7 Å². The second-order valence-electron chi connectivity index (χ2n) is 6.12. The lowest BCUT2D eigenvalue weighted by molar-refractivity contribution is -0.147. The fourth-order valence-electron chi connectivity index (χ4n) is 2.79. The molecule has 1 fully saturated rings. The molecule has 1 aromatic carbocycles. The molecule has 24 heavy (non-hydrogen) atoms. The van der Waals surface area contributed by atoms with Gasteiger partial charge < -0.3 is 9.84 Å². The molecule has 0 heterocycles. The average Bonchev–Trinajstić information content (AvgIpc) is 3.07. The van der Waals surface area contributed by atoms with Gasteiger partial charge >= 0.3 is 5.97 Å². The number of ether oxygens (including phenoxy) is 1. The van der Waals surface area contributed by atoms with E-state index in [1.54, 1.807) is 13.8 Å². The molecule has 1 aliphatic rings. The molecule has 0 spiro atoms. The first kappa shape index (κ1) is 18.4. The summed E-state index contributed by atoms with van der Waals surface area (Å²) in [6, 6.07) is 0. The molecule has 0 bridgehead atoms. The van der Waals surface area contributed by atoms with Gasteiger partial charge in [-0.15, -0.1) is 0 Å². The standard InChI is InChI=1S/C16H15F5O3/c1-16(2)9(3-4-17)10(16)15(23)24-6-8-13(20)11(18)7(5-22)12(19)14(8)21/h3-4,9-10,22H,5-6H2,1-2H3/b4-3+/t9-,10+/m1/s1. The number of allylic oxidation sites excluding steroid dienone is 1. The number of hydrogen-bond acceptors (Lipinski definition) is 3. The van der Waals surface area contributed by atoms with Gasteiger partial charge in [0, 0.05) is 0 Å². The first-order valence-electron chi connectivity index (χ1n) is 7.06. The van der Waals surface area contributed by atoms with Crippen molar-refractivity contribution in [3.05, 3.63) is 46.8 Å². The number of benzene rings is 1. The van der Waals surface area contributed by atoms with Crippen LogP contribution >= 0.6 is 0 Å². The molecule has 0 unspecified atom stereocenters. The maximum Gasteiger partial charge on any atom is 0.310 e. The van der Waals surface area contributed by atoms with Crippen LogP contribution in [0.25, 0.3) is 0 Å². The largest absolute Gasteiger partial charge is 0.460 e. The summed E-state index contributed by atoms with van der Waals surface area (Å²) in [7, 11) is 0. The number of hydrogen-bond donors (Lipinski definition) is 1. The maximum atomic E-state index is 13.8. The molecular weight excluding hydrogens is 335 g/mol. The summed E-state index contributed by atoms with van der Waals surface area (Å²) in [5.41, 5.74) is -2.82. The van der Waals surface area contributed by atoms with Gasteiger partial charge in [0.15, 0.2) is 23.3 Å². The zero-order valence-corrected chi connectivity index (χ0v) is 12.9. The number of aliphatic hydroxyl groups is 1. The fourth-order valence-corrected chi connectivity index (χ4v) is 2.79. The van der Waals surface area contributed by atoms with Gasteiger partial charge in [-0.25, -0.2) is 22.0 Å². The Morgan fingerprint density at radius 2 is 1.62 bits per heavy atom. The molecule has 0 aliphatic heterocycles. The zero-order valence-electron chi connectivity index (χ0n) is 12.9. The maximum absolute atomic E-state index is 13.8. The van der Waals surface area contributed by atoms with Crippen molar-refractivity contribution in [2.45, 2.75) is 27.1 Å². The highest BCUT2D eigenvalue weighted by Gasteiger charge is 2.61. The topological polar surface area (TPSA) is 46.5 Å². The van der Waals surface area contributed by atoms with Crippen LogP contribution in [0.3, 0.4) is 0 Å². The van der Waals surface area contributed by atoms with Crippen LogP contribution in [0.4, 0.5) is 22.0 Å². The molecule has 132 valence electrons. The van der Waals surface area contributed by atoms with E-state index in [0.717, 1.165) is 0 Å². The predicted octanol–water partition coefficient (Wildman–Crippen LogP) is 3.53. The lowest BCUT2D eigenvalue weighted by atomic mass is 10.1. The minimum Gasteiger partial charge on any atom is -0.460 e. The molecule has 1 aromatic rings. The molecule has 1 aliphatic carbocycles. The minimum atomic E-state index is -1.74. The Morgan fingerprint density at radius 1 is 1.12 bits per heavy atom. The van der Waals surface area contributed by atoms with E-state index in [1.807, 2.05) is 0 Å². The van der Waals surface area contributed by atoms with E-state index in [1.165, 1.54) is 6.08 Å². The third-order valence-corrected chi connectivity index (χ3v) is 4.41. The number of halogens is 5. The smallest absolute Gasteiger partial charge is 0.310 e. The average molecular weight is 350 g/mol. The van der Waals surface area contributed by atoms with Crippen LogP contribution in [-0.4, -0.2) is 11.1 Å². The van der Waals surface area contributed by atoms with Crippen molar-refractivity contribution in [3.63, 3.8) is 0 Å². The molecule has 8 heteroatoms. The van der Waals surface area contributed by atoms with Crippen molar-refractivity contribution in [3.8, 4) is 0 Å². The highest BCUT2D eigenvalue weighted by atomic mass is 19.2. The van der Waals surface area contributed by atoms with Crippen molar-refractivity contribution in [2.75, 3.05) is 0 Å². The summed E-state index contributed by atoms with van der Waals surface area (Å²) in [6.07, 6.45) is 1.46. The molecule has 0 aromatic heterocycles. The second kappa shape index (κ2) is 6.51. The van der Waals surface area contributed by atoms with Crippen LogP contribution in [-0.2, 0) is 22.7 Å². The third kappa shape index (κ3) is 2.90. The van der Waals surface area contributed by atoms with E-state index in [0.29, 0.717) is 0 Å². The lowest BCUT2D eigenvalue weighted by Crippen LogP contribution is -2.14. The Balaban J connectivity index is 2.18. The number of carbonyl (C=O) groups excluding carboxylic acids is 1. The number of aliphatic hydroxyl groups excluding tert-OH is 1. The number of rotatable bonds is 5. The van der Waals surface area contributed by atoms with E-state index in [-0.39, 0.29) is 6.33 Å². The van der Waals surface area contributed by atoms with E-state index in [4.69, 9.17) is 9.84 Å². The zero-order chi connectivity index (χ0) is 18.2. The van der Waals surface area contributed by atoms with Crippen LogP contribution in [0, 0.1) is 40.5 Å². The number of carbonyl (C=O) groups is 1. The summed E-state index contributed by atoms with van der Waals surface area (Å²) in [5, 5.41) is 8.74. The van der Waals surface area contributed by atoms with Gasteiger partial charge in [-0.05, 0) is 11.3 Å². The fraction of sp³-hybridized carbons (Fsp3) is 0.438. The molecule has 1 N–H and O–H groups in total. The first-order chi connectivity index (χ1) is 11.2. The van der Waals surface area contributed by atoms with Crippen molar-refractivity contribution in [1.82, 2.24) is 0 Å². The van der Waals surface area contributed by atoms with Gasteiger partial charge in [-0.2, -0.15) is 0 Å². The summed E-state index contributed by atoms with van der Waals surface area (Å²) < 4.78 is 71.6. The summed E-state index contributed by atoms with van der Waals surface area (Å²) in [4.78, 5) is 11.9. The first-order valence-corrected chi connectivity index (χ1v) is 7.06. The van der Waals surface area contributed by atoms with E-state index >= 15 is 0 Å². The number of esters is 1. The molecule has 0 amide bonds. The normalized spacial score (nSPS) is 22.0. The molecule has 0 saturated heterocycles. The van der Waals surface area contributed by atoms with Crippen LogP contribution in [0.1, 0.15) is 25.0 Å². The van der Waals surface area contributed by atoms with Crippen molar-refractivity contribution in [2.24, 2.45) is 17.3 Å². The molecule has 3 nitrogen and oxygen atoms in total. The molecule has 2 atom stereocenters. The van der Waals surface area contributed by atoms with Crippen LogP contribution in [0.15, 0.2) is 12.4 Å². The molecule has 1 saturated carbocycles. The lowest BCUT2D eigenvalue weighted by Gasteiger charge is -2.11. The summed E-state index contributed by atoms with van der Waals surface area (Å²) in [5.74, 6) is -8.96. The van der Waals surface area contributed by atoms with Gasteiger partial charge in [0.05, 0.1) is 30.0 Å². The van der Waals surface area contributed by atoms with Crippen LogP contribution < -0.4 is 0 Å². The Morgan fingerprint density at radius 3 is 2.08 bits per heavy atom. The summed E-state index contributed by atoms with van der Waals surface area (Å²) in [6.45, 7) is 1.12.